The zero-order chi connectivity index (χ0) is 18.8. The van der Waals surface area contributed by atoms with E-state index >= 15 is 0 Å². The third-order valence-corrected chi connectivity index (χ3v) is 6.78. The van der Waals surface area contributed by atoms with Crippen LogP contribution in [0.3, 0.4) is 0 Å². The van der Waals surface area contributed by atoms with Gasteiger partial charge in [0.2, 0.25) is 0 Å². The summed E-state index contributed by atoms with van der Waals surface area (Å²) < 4.78 is 5.85. The van der Waals surface area contributed by atoms with Crippen LogP contribution in [0.5, 0.6) is 5.75 Å². The van der Waals surface area contributed by atoms with E-state index in [9.17, 15) is 0 Å². The topological polar surface area (TPSA) is 28.3 Å². The molecular weight excluding hydrogens is 352 g/mol. The summed E-state index contributed by atoms with van der Waals surface area (Å²) >= 11 is 6.01. The second kappa shape index (κ2) is 8.15. The summed E-state index contributed by atoms with van der Waals surface area (Å²) in [4.78, 5) is 7.44. The van der Waals surface area contributed by atoms with Crippen molar-refractivity contribution >= 4 is 17.1 Å². The second-order valence-electron chi connectivity index (χ2n) is 7.97. The number of ether oxygens (including phenoxy) is 1. The lowest BCUT2D eigenvalue weighted by atomic mass is 9.73. The molecule has 27 heavy (non-hydrogen) atoms. The lowest BCUT2D eigenvalue weighted by molar-refractivity contribution is 0.142. The van der Waals surface area contributed by atoms with Crippen LogP contribution in [0.25, 0.3) is 0 Å². The van der Waals surface area contributed by atoms with E-state index in [2.05, 4.69) is 23.7 Å². The second-order valence-corrected chi connectivity index (χ2v) is 8.41. The van der Waals surface area contributed by atoms with Gasteiger partial charge >= 0.3 is 0 Å². The molecule has 2 atom stereocenters. The van der Waals surface area contributed by atoms with E-state index in [1.54, 1.807) is 0 Å². The normalized spacial score (nSPS) is 22.4. The number of aryl methyl sites for hydroxylation is 1. The van der Waals surface area contributed by atoms with Crippen LogP contribution in [0.15, 0.2) is 30.3 Å². The molecule has 4 heteroatoms. The lowest BCUT2D eigenvalue weighted by Crippen LogP contribution is -2.46. The van der Waals surface area contributed by atoms with Gasteiger partial charge in [0.1, 0.15) is 5.75 Å². The highest BCUT2D eigenvalue weighted by atomic mass is 32.1. The van der Waals surface area contributed by atoms with E-state index in [1.807, 2.05) is 30.3 Å². The van der Waals surface area contributed by atoms with Gasteiger partial charge in [0.15, 0.2) is 0 Å². The van der Waals surface area contributed by atoms with Crippen molar-refractivity contribution < 1.29 is 4.74 Å². The van der Waals surface area contributed by atoms with Crippen molar-refractivity contribution in [2.24, 2.45) is 11.8 Å². The molecule has 0 spiro atoms. The molecule has 0 bridgehead atoms. The smallest absolute Gasteiger partial charge is 0.119 e. The zero-order valence-electron chi connectivity index (χ0n) is 16.5. The molecule has 4 rings (SSSR count). The van der Waals surface area contributed by atoms with Crippen molar-refractivity contribution in [2.75, 3.05) is 26.2 Å². The number of fused-ring (bicyclic) bond motifs is 2. The lowest BCUT2D eigenvalue weighted by Gasteiger charge is -2.41. The molecule has 2 aliphatic rings. The molecule has 1 aromatic heterocycles. The number of thiocarbonyl (C=S) groups is 1. The van der Waals surface area contributed by atoms with Gasteiger partial charge < -0.3 is 14.6 Å². The maximum absolute atomic E-state index is 6.01. The Labute approximate surface area is 168 Å². The molecule has 1 aliphatic heterocycles. The Morgan fingerprint density at radius 3 is 2.85 bits per heavy atom. The maximum Gasteiger partial charge on any atom is 0.119 e. The van der Waals surface area contributed by atoms with Gasteiger partial charge in [0, 0.05) is 40.8 Å². The first-order valence-corrected chi connectivity index (χ1v) is 10.7. The van der Waals surface area contributed by atoms with Crippen LogP contribution in [-0.4, -0.2) is 41.0 Å². The van der Waals surface area contributed by atoms with E-state index in [0.717, 1.165) is 38.3 Å². The first-order chi connectivity index (χ1) is 13.2. The monoisotopic (exact) mass is 382 g/mol. The number of aromatic amines is 1. The quantitative estimate of drug-likeness (QED) is 0.586. The number of rotatable bonds is 6. The fraction of sp³-hybridized carbons (Fsp3) is 0.522. The number of H-pyrrole nitrogens is 1. The van der Waals surface area contributed by atoms with Crippen molar-refractivity contribution in [3.05, 3.63) is 52.8 Å². The highest BCUT2D eigenvalue weighted by molar-refractivity contribution is 7.80. The Morgan fingerprint density at radius 2 is 2.07 bits per heavy atom. The Morgan fingerprint density at radius 1 is 1.26 bits per heavy atom. The van der Waals surface area contributed by atoms with Gasteiger partial charge in [-0.2, -0.15) is 0 Å². The SMILES string of the molecule is CCc1c(C)[nH]c2c1C(=S)C1CN(CCCOc3ccccc3)CCC1C2. The van der Waals surface area contributed by atoms with E-state index in [-0.39, 0.29) is 0 Å². The van der Waals surface area contributed by atoms with Gasteiger partial charge in [-0.05, 0) is 62.8 Å². The number of nitrogens with one attached hydrogen (secondary N) is 1. The molecule has 1 saturated heterocycles. The molecule has 1 fully saturated rings. The van der Waals surface area contributed by atoms with Crippen LogP contribution in [0.4, 0.5) is 0 Å². The number of benzene rings is 1. The minimum absolute atomic E-state index is 0.539. The van der Waals surface area contributed by atoms with Gasteiger partial charge in [-0.3, -0.25) is 0 Å². The number of nitrogens with zero attached hydrogens (tertiary/aromatic N) is 1. The summed E-state index contributed by atoms with van der Waals surface area (Å²) in [5.41, 5.74) is 5.56. The standard InChI is InChI=1S/C23H30N2OS/c1-3-19-16(2)24-21-14-17-10-12-25(15-20(17)23(27)22(19)21)11-7-13-26-18-8-5-4-6-9-18/h4-6,8-9,17,20,24H,3,7,10-15H2,1-2H3. The first kappa shape index (κ1) is 18.7. The Bertz CT molecular complexity index is 798. The van der Waals surface area contributed by atoms with E-state index in [1.165, 1.54) is 46.8 Å². The Kier molecular flexibility index (Phi) is 5.65. The summed E-state index contributed by atoms with van der Waals surface area (Å²) in [5, 5.41) is 0. The maximum atomic E-state index is 6.01. The Hall–Kier alpha value is -1.65. The minimum atomic E-state index is 0.539. The number of aromatic nitrogens is 1. The third-order valence-electron chi connectivity index (χ3n) is 6.27. The number of piperidine rings is 1. The number of para-hydroxylation sites is 1. The minimum Gasteiger partial charge on any atom is -0.494 e. The van der Waals surface area contributed by atoms with Crippen LogP contribution in [-0.2, 0) is 12.8 Å². The van der Waals surface area contributed by atoms with E-state index in [4.69, 9.17) is 17.0 Å². The summed E-state index contributed by atoms with van der Waals surface area (Å²) in [7, 11) is 0. The molecule has 2 heterocycles. The van der Waals surface area contributed by atoms with Gasteiger partial charge in [0.25, 0.3) is 0 Å². The number of hydrogen-bond donors (Lipinski definition) is 1. The van der Waals surface area contributed by atoms with Crippen LogP contribution in [0.2, 0.25) is 0 Å². The molecular formula is C23H30N2OS. The van der Waals surface area contributed by atoms with E-state index < -0.39 is 0 Å². The number of likely N-dealkylation sites (tertiary alicyclic amines) is 1. The van der Waals surface area contributed by atoms with Crippen molar-refractivity contribution in [2.45, 2.75) is 39.5 Å². The van der Waals surface area contributed by atoms with Crippen molar-refractivity contribution in [3.8, 4) is 5.75 Å². The highest BCUT2D eigenvalue weighted by Gasteiger charge is 2.38. The third kappa shape index (κ3) is 3.83. The van der Waals surface area contributed by atoms with Crippen molar-refractivity contribution in [1.82, 2.24) is 9.88 Å². The molecule has 0 amide bonds. The fourth-order valence-corrected chi connectivity index (χ4v) is 5.39. The summed E-state index contributed by atoms with van der Waals surface area (Å²) in [6.07, 6.45) is 4.55. The molecule has 0 radical (unpaired) electrons. The van der Waals surface area contributed by atoms with Crippen LogP contribution >= 0.6 is 12.2 Å². The number of hydrogen-bond acceptors (Lipinski definition) is 3. The van der Waals surface area contributed by atoms with Crippen molar-refractivity contribution in [3.63, 3.8) is 0 Å². The molecule has 2 aromatic rings. The van der Waals surface area contributed by atoms with Gasteiger partial charge in [-0.1, -0.05) is 37.3 Å². The average molecular weight is 383 g/mol. The largest absolute Gasteiger partial charge is 0.494 e. The van der Waals surface area contributed by atoms with Crippen LogP contribution in [0, 0.1) is 18.8 Å². The predicted molar refractivity (Wildman–Crippen MR) is 115 cm³/mol. The molecule has 144 valence electrons. The van der Waals surface area contributed by atoms with Gasteiger partial charge in [-0.25, -0.2) is 0 Å². The molecule has 1 aliphatic carbocycles. The predicted octanol–water partition coefficient (Wildman–Crippen LogP) is 4.57. The molecule has 0 saturated carbocycles. The average Bonchev–Trinajstić information content (AvgIpc) is 3.01. The summed E-state index contributed by atoms with van der Waals surface area (Å²) in [6.45, 7) is 8.61. The van der Waals surface area contributed by atoms with Crippen LogP contribution < -0.4 is 4.74 Å². The fourth-order valence-electron chi connectivity index (χ4n) is 4.88. The van der Waals surface area contributed by atoms with E-state index in [0.29, 0.717) is 11.8 Å². The zero-order valence-corrected chi connectivity index (χ0v) is 17.3. The molecule has 3 nitrogen and oxygen atoms in total. The first-order valence-electron chi connectivity index (χ1n) is 10.3. The summed E-state index contributed by atoms with van der Waals surface area (Å²) in [6, 6.07) is 10.1. The van der Waals surface area contributed by atoms with Crippen molar-refractivity contribution in [1.29, 1.82) is 0 Å². The molecule has 1 aromatic carbocycles. The highest BCUT2D eigenvalue weighted by Crippen LogP contribution is 2.38. The summed E-state index contributed by atoms with van der Waals surface area (Å²) in [5.74, 6) is 2.22. The van der Waals surface area contributed by atoms with Crippen LogP contribution in [0.1, 0.15) is 42.3 Å². The van der Waals surface area contributed by atoms with Gasteiger partial charge in [-0.15, -0.1) is 0 Å². The molecule has 2 unspecified atom stereocenters. The van der Waals surface area contributed by atoms with Gasteiger partial charge in [0.05, 0.1) is 6.61 Å². The Balaban J connectivity index is 1.34. The molecule has 1 N–H and O–H groups in total.